The third-order valence-electron chi connectivity index (χ3n) is 16.1. The van der Waals surface area contributed by atoms with Gasteiger partial charge in [0.05, 0.1) is 0 Å². The van der Waals surface area contributed by atoms with E-state index in [9.17, 15) is 14.4 Å². The van der Waals surface area contributed by atoms with Crippen LogP contribution in [0.5, 0.6) is 0 Å². The van der Waals surface area contributed by atoms with Gasteiger partial charge >= 0.3 is 0 Å². The first-order chi connectivity index (χ1) is 35.6. The molecule has 18 heteroatoms. The first-order valence-electron chi connectivity index (χ1n) is 25.9. The molecule has 3 saturated carbocycles. The van der Waals surface area contributed by atoms with Crippen molar-refractivity contribution in [1.82, 2.24) is 55.2 Å². The number of nitrogens with zero attached hydrogens (tertiary/aromatic N) is 11. The zero-order valence-electron chi connectivity index (χ0n) is 41.2. The second-order valence-electron chi connectivity index (χ2n) is 20.9. The lowest BCUT2D eigenvalue weighted by molar-refractivity contribution is -0.135. The number of para-hydroxylation sites is 1. The lowest BCUT2D eigenvalue weighted by atomic mass is 9.89. The molecule has 7 aromatic rings. The summed E-state index contributed by atoms with van der Waals surface area (Å²) in [7, 11) is 0. The summed E-state index contributed by atoms with van der Waals surface area (Å²) >= 11 is 0. The lowest BCUT2D eigenvalue weighted by Gasteiger charge is -2.33. The molecule has 1 aromatic carbocycles. The van der Waals surface area contributed by atoms with Gasteiger partial charge in [-0.05, 0) is 144 Å². The third-order valence-corrected chi connectivity index (χ3v) is 16.1. The molecule has 18 nitrogen and oxygen atoms in total. The number of likely N-dealkylation sites (tertiary alicyclic amines) is 2. The van der Waals surface area contributed by atoms with Crippen LogP contribution in [0.25, 0.3) is 34.2 Å². The number of carbonyl (C=O) groups is 3. The molecule has 5 aliphatic rings. The molecule has 3 aliphatic carbocycles. The van der Waals surface area contributed by atoms with Gasteiger partial charge in [0.1, 0.15) is 17.8 Å². The van der Waals surface area contributed by atoms with Gasteiger partial charge in [0, 0.05) is 102 Å². The number of anilines is 1. The van der Waals surface area contributed by atoms with Crippen molar-refractivity contribution in [2.75, 3.05) is 31.5 Å². The van der Waals surface area contributed by atoms with E-state index in [-0.39, 0.29) is 23.6 Å². The van der Waals surface area contributed by atoms with Crippen molar-refractivity contribution in [3.63, 3.8) is 0 Å². The van der Waals surface area contributed by atoms with Gasteiger partial charge in [-0.15, -0.1) is 0 Å². The van der Waals surface area contributed by atoms with Crippen LogP contribution in [-0.2, 0) is 14.4 Å². The number of rotatable bonds is 15. The number of hydrogen-bond donors (Lipinski definition) is 1. The maximum atomic E-state index is 13.8. The van der Waals surface area contributed by atoms with Gasteiger partial charge in [-0.3, -0.25) is 29.3 Å². The molecular formula is C55H58N12O6. The van der Waals surface area contributed by atoms with Crippen molar-refractivity contribution >= 4 is 23.4 Å². The maximum absolute atomic E-state index is 13.8. The average molecular weight is 983 g/mol. The molecule has 2 aliphatic heterocycles. The predicted octanol–water partition coefficient (Wildman–Crippen LogP) is 8.93. The van der Waals surface area contributed by atoms with Crippen LogP contribution in [0.15, 0.2) is 98.9 Å². The predicted molar refractivity (Wildman–Crippen MR) is 265 cm³/mol. The summed E-state index contributed by atoms with van der Waals surface area (Å²) < 4.78 is 16.9. The first-order valence-corrected chi connectivity index (χ1v) is 25.9. The zero-order valence-corrected chi connectivity index (χ0v) is 41.2. The summed E-state index contributed by atoms with van der Waals surface area (Å²) in [4.78, 5) is 72.1. The fourth-order valence-electron chi connectivity index (χ4n) is 11.2. The largest absolute Gasteiger partial charge is 0.342 e. The third kappa shape index (κ3) is 9.78. The number of benzene rings is 1. The van der Waals surface area contributed by atoms with Crippen LogP contribution in [0.3, 0.4) is 0 Å². The van der Waals surface area contributed by atoms with E-state index in [2.05, 4.69) is 41.8 Å². The Morgan fingerprint density at radius 3 is 1.38 bits per heavy atom. The lowest BCUT2D eigenvalue weighted by Crippen LogP contribution is -2.41. The second-order valence-corrected chi connectivity index (χ2v) is 20.9. The Morgan fingerprint density at radius 1 is 0.534 bits per heavy atom. The summed E-state index contributed by atoms with van der Waals surface area (Å²) in [6.45, 7) is 8.17. The van der Waals surface area contributed by atoms with E-state index >= 15 is 0 Å². The Bertz CT molecular complexity index is 3130. The van der Waals surface area contributed by atoms with Crippen molar-refractivity contribution in [3.8, 4) is 34.2 Å². The highest BCUT2D eigenvalue weighted by Gasteiger charge is 2.47. The number of hydrogen-bond acceptors (Lipinski definition) is 15. The Labute approximate surface area is 422 Å². The van der Waals surface area contributed by atoms with Crippen LogP contribution in [0, 0.1) is 23.7 Å². The normalized spacial score (nSPS) is 22.4. The van der Waals surface area contributed by atoms with Crippen LogP contribution in [0.1, 0.15) is 142 Å². The number of piperidine rings is 2. The highest BCUT2D eigenvalue weighted by atomic mass is 16.5. The van der Waals surface area contributed by atoms with Crippen molar-refractivity contribution in [1.29, 1.82) is 0 Å². The number of pyridine rings is 3. The van der Waals surface area contributed by atoms with Gasteiger partial charge in [-0.1, -0.05) is 33.7 Å². The minimum atomic E-state index is -0.623. The van der Waals surface area contributed by atoms with Crippen LogP contribution < -0.4 is 5.32 Å². The monoisotopic (exact) mass is 982 g/mol. The van der Waals surface area contributed by atoms with Crippen molar-refractivity contribution < 1.29 is 28.0 Å². The van der Waals surface area contributed by atoms with E-state index in [0.717, 1.165) is 85.1 Å². The fourth-order valence-corrected chi connectivity index (χ4v) is 11.2. The van der Waals surface area contributed by atoms with E-state index in [1.165, 1.54) is 0 Å². The number of aromatic nitrogens is 9. The molecule has 4 unspecified atom stereocenters. The molecule has 3 amide bonds. The van der Waals surface area contributed by atoms with Crippen molar-refractivity contribution in [3.05, 3.63) is 120 Å². The zero-order chi connectivity index (χ0) is 49.7. The highest BCUT2D eigenvalue weighted by Crippen LogP contribution is 2.55. The fraction of sp³-hybridized carbons (Fsp3) is 0.455. The van der Waals surface area contributed by atoms with Gasteiger partial charge in [-0.25, -0.2) is 0 Å². The highest BCUT2D eigenvalue weighted by molar-refractivity contribution is 5.95. The quantitative estimate of drug-likeness (QED) is 0.101. The molecule has 2 saturated heterocycles. The minimum Gasteiger partial charge on any atom is -0.342 e. The Morgan fingerprint density at radius 2 is 0.945 bits per heavy atom. The summed E-state index contributed by atoms with van der Waals surface area (Å²) in [5.41, 5.74) is 6.25. The SMILES string of the molecule is C[C@H](C(=O)N1CCC(C2CC2c2cc(-c3noc([C@@H](C)C(=O)Nc4ccccc4)n3)ccn2)CC1)c1nc(-c2ccnc(C3CC3C3CCN(C(=O)[C@H](C)c4nc(-c5ccnc(C6CC6)c5)no4)CC3)c2)no1. The molecule has 0 bridgehead atoms. The molecule has 0 spiro atoms. The van der Waals surface area contributed by atoms with E-state index < -0.39 is 17.8 Å². The topological polar surface area (TPSA) is 225 Å². The van der Waals surface area contributed by atoms with Crippen LogP contribution >= 0.6 is 0 Å². The molecule has 12 rings (SSSR count). The molecular weight excluding hydrogens is 925 g/mol. The second kappa shape index (κ2) is 19.5. The molecule has 374 valence electrons. The summed E-state index contributed by atoms with van der Waals surface area (Å²) in [6, 6.07) is 21.0. The number of amides is 3. The van der Waals surface area contributed by atoms with Crippen LogP contribution in [-0.4, -0.2) is 99.1 Å². The number of nitrogens with one attached hydrogen (secondary N) is 1. The van der Waals surface area contributed by atoms with Gasteiger partial charge in [-0.2, -0.15) is 15.0 Å². The van der Waals surface area contributed by atoms with E-state index in [1.807, 2.05) is 84.3 Å². The average Bonchev–Trinajstić information content (AvgIpc) is 4.41. The first kappa shape index (κ1) is 46.6. The van der Waals surface area contributed by atoms with E-state index in [1.54, 1.807) is 25.5 Å². The summed E-state index contributed by atoms with van der Waals surface area (Å²) in [5, 5.41) is 15.6. The van der Waals surface area contributed by atoms with Crippen molar-refractivity contribution in [2.45, 2.75) is 108 Å². The minimum absolute atomic E-state index is 0.00741. The van der Waals surface area contributed by atoms with Gasteiger partial charge in [0.15, 0.2) is 0 Å². The van der Waals surface area contributed by atoms with Crippen LogP contribution in [0.4, 0.5) is 5.69 Å². The summed E-state index contributed by atoms with van der Waals surface area (Å²) in [5.74, 6) is 3.49. The van der Waals surface area contributed by atoms with Crippen molar-refractivity contribution in [2.24, 2.45) is 23.7 Å². The number of carbonyl (C=O) groups excluding carboxylic acids is 3. The maximum Gasteiger partial charge on any atom is 0.239 e. The van der Waals surface area contributed by atoms with Gasteiger partial charge in [0.25, 0.3) is 0 Å². The van der Waals surface area contributed by atoms with Gasteiger partial charge < -0.3 is 28.7 Å². The van der Waals surface area contributed by atoms with Crippen LogP contribution in [0.2, 0.25) is 0 Å². The Balaban J connectivity index is 0.596. The van der Waals surface area contributed by atoms with E-state index in [4.69, 9.17) is 28.5 Å². The molecule has 8 heterocycles. The standard InChI is InChI=1S/C55H58N12O6/c1-30(50(68)59-39-7-5-4-6-8-39)51-60-48(63-71-51)37-12-19-57-45(26-37)42-28-40(42)33-16-23-67(24-17-33)55(70)32(3)53-62-49(65-73-53)38-13-20-58-46(27-38)43-29-41(43)34-14-21-66(22-15-34)54(69)31(2)52-61-47(64-72-52)36-11-18-56-44(25-36)35-9-10-35/h4-8,11-13,18-20,25-27,30-35,40-43H,9-10,14-17,21-24,28-29H2,1-3H3,(H,59,68)/t30-,31+,32-,40?,41?,42?,43?/m0/s1. The Kier molecular flexibility index (Phi) is 12.4. The smallest absolute Gasteiger partial charge is 0.239 e. The molecule has 0 radical (unpaired) electrons. The van der Waals surface area contributed by atoms with Gasteiger partial charge in [0.2, 0.25) is 52.9 Å². The molecule has 1 N–H and O–H groups in total. The molecule has 7 atom stereocenters. The molecule has 73 heavy (non-hydrogen) atoms. The molecule has 6 aromatic heterocycles. The summed E-state index contributed by atoms with van der Waals surface area (Å²) in [6.07, 6.45) is 13.5. The molecule has 5 fully saturated rings. The van der Waals surface area contributed by atoms with E-state index in [0.29, 0.717) is 103 Å². The Hall–Kier alpha value is -7.50.